The number of rotatable bonds is 6. The minimum atomic E-state index is -0.567. The number of nitrogens with one attached hydrogen (secondary N) is 1. The molecule has 0 radical (unpaired) electrons. The zero-order chi connectivity index (χ0) is 16.8. The average molecular weight is 312 g/mol. The second kappa shape index (κ2) is 7.77. The van der Waals surface area contributed by atoms with Gasteiger partial charge in [-0.2, -0.15) is 0 Å². The standard InChI is InChI=1S/C19H24N2O2/c1-13(2)18(17-7-5-6-12-20-17)21-19(22)15(4)23-16-10-8-14(3)9-11-16/h5-13,15,18H,1-4H3,(H,21,22). The van der Waals surface area contributed by atoms with E-state index in [1.54, 1.807) is 13.1 Å². The average Bonchev–Trinajstić information content (AvgIpc) is 2.55. The molecule has 2 atom stereocenters. The van der Waals surface area contributed by atoms with Crippen molar-refractivity contribution in [3.63, 3.8) is 0 Å². The number of aromatic nitrogens is 1. The molecular formula is C19H24N2O2. The fourth-order valence-corrected chi connectivity index (χ4v) is 2.29. The maximum Gasteiger partial charge on any atom is 0.261 e. The first-order valence-electron chi connectivity index (χ1n) is 7.92. The topological polar surface area (TPSA) is 51.2 Å². The Bertz CT molecular complexity index is 624. The van der Waals surface area contributed by atoms with E-state index in [0.717, 1.165) is 11.3 Å². The van der Waals surface area contributed by atoms with Crippen LogP contribution in [0.1, 0.15) is 38.1 Å². The van der Waals surface area contributed by atoms with E-state index in [4.69, 9.17) is 4.74 Å². The maximum atomic E-state index is 12.4. The largest absolute Gasteiger partial charge is 0.481 e. The van der Waals surface area contributed by atoms with Crippen molar-refractivity contribution in [1.82, 2.24) is 10.3 Å². The van der Waals surface area contributed by atoms with Gasteiger partial charge in [0.25, 0.3) is 5.91 Å². The van der Waals surface area contributed by atoms with Crippen molar-refractivity contribution >= 4 is 5.91 Å². The summed E-state index contributed by atoms with van der Waals surface area (Å²) in [6.07, 6.45) is 1.17. The molecule has 0 aliphatic carbocycles. The van der Waals surface area contributed by atoms with E-state index in [0.29, 0.717) is 5.75 Å². The molecule has 2 aromatic rings. The predicted molar refractivity (Wildman–Crippen MR) is 91.2 cm³/mol. The predicted octanol–water partition coefficient (Wildman–Crippen LogP) is 3.67. The summed E-state index contributed by atoms with van der Waals surface area (Å²) in [5, 5.41) is 3.04. The molecule has 4 nitrogen and oxygen atoms in total. The van der Waals surface area contributed by atoms with Crippen molar-refractivity contribution in [3.8, 4) is 5.75 Å². The van der Waals surface area contributed by atoms with E-state index in [9.17, 15) is 4.79 Å². The van der Waals surface area contributed by atoms with Crippen LogP contribution in [0.3, 0.4) is 0 Å². The first-order chi connectivity index (χ1) is 11.0. The minimum absolute atomic E-state index is 0.132. The van der Waals surface area contributed by atoms with Gasteiger partial charge in [0.15, 0.2) is 6.10 Å². The first-order valence-corrected chi connectivity index (χ1v) is 7.92. The Balaban J connectivity index is 2.02. The van der Waals surface area contributed by atoms with Gasteiger partial charge >= 0.3 is 0 Å². The summed E-state index contributed by atoms with van der Waals surface area (Å²) in [7, 11) is 0. The van der Waals surface area contributed by atoms with E-state index in [1.165, 1.54) is 0 Å². The number of nitrogens with zero attached hydrogens (tertiary/aromatic N) is 1. The number of pyridine rings is 1. The molecule has 0 fully saturated rings. The molecule has 0 spiro atoms. The molecule has 0 aliphatic heterocycles. The molecule has 1 aromatic carbocycles. The van der Waals surface area contributed by atoms with E-state index in [1.807, 2.05) is 49.4 Å². The van der Waals surface area contributed by atoms with Crippen molar-refractivity contribution in [1.29, 1.82) is 0 Å². The quantitative estimate of drug-likeness (QED) is 0.885. The van der Waals surface area contributed by atoms with Gasteiger partial charge in [-0.05, 0) is 44.0 Å². The molecule has 1 aromatic heterocycles. The Morgan fingerprint density at radius 2 is 1.78 bits per heavy atom. The maximum absolute atomic E-state index is 12.4. The lowest BCUT2D eigenvalue weighted by atomic mass is 10.00. The normalized spacial score (nSPS) is 13.4. The third-order valence-corrected chi connectivity index (χ3v) is 3.67. The van der Waals surface area contributed by atoms with E-state index >= 15 is 0 Å². The van der Waals surface area contributed by atoms with Crippen LogP contribution >= 0.6 is 0 Å². The highest BCUT2D eigenvalue weighted by Gasteiger charge is 2.23. The van der Waals surface area contributed by atoms with Crippen molar-refractivity contribution in [2.75, 3.05) is 0 Å². The molecule has 122 valence electrons. The first kappa shape index (κ1) is 17.0. The van der Waals surface area contributed by atoms with Gasteiger partial charge in [-0.3, -0.25) is 9.78 Å². The van der Waals surface area contributed by atoms with Crippen LogP contribution in [0.25, 0.3) is 0 Å². The summed E-state index contributed by atoms with van der Waals surface area (Å²) < 4.78 is 5.72. The van der Waals surface area contributed by atoms with Crippen molar-refractivity contribution in [2.45, 2.75) is 39.8 Å². The number of ether oxygens (including phenoxy) is 1. The van der Waals surface area contributed by atoms with Gasteiger partial charge < -0.3 is 10.1 Å². The third-order valence-electron chi connectivity index (χ3n) is 3.67. The molecule has 1 N–H and O–H groups in total. The third kappa shape index (κ3) is 4.81. The van der Waals surface area contributed by atoms with Gasteiger partial charge in [-0.1, -0.05) is 37.6 Å². The number of aryl methyl sites for hydroxylation is 1. The molecule has 23 heavy (non-hydrogen) atoms. The summed E-state index contributed by atoms with van der Waals surface area (Å²) in [6, 6.07) is 13.3. The van der Waals surface area contributed by atoms with Crippen molar-refractivity contribution in [3.05, 3.63) is 59.9 Å². The fraction of sp³-hybridized carbons (Fsp3) is 0.368. The van der Waals surface area contributed by atoms with Crippen LogP contribution in [-0.2, 0) is 4.79 Å². The number of amides is 1. The summed E-state index contributed by atoms with van der Waals surface area (Å²) in [4.78, 5) is 16.8. The lowest BCUT2D eigenvalue weighted by molar-refractivity contribution is -0.128. The number of benzene rings is 1. The highest BCUT2D eigenvalue weighted by atomic mass is 16.5. The highest BCUT2D eigenvalue weighted by molar-refractivity contribution is 5.81. The second-order valence-corrected chi connectivity index (χ2v) is 6.06. The Labute approximate surface area is 137 Å². The van der Waals surface area contributed by atoms with Crippen LogP contribution in [0.5, 0.6) is 5.75 Å². The van der Waals surface area contributed by atoms with Crippen LogP contribution in [0.15, 0.2) is 48.7 Å². The molecule has 0 aliphatic rings. The molecule has 0 saturated carbocycles. The lowest BCUT2D eigenvalue weighted by Crippen LogP contribution is -2.40. The molecule has 4 heteroatoms. The summed E-state index contributed by atoms with van der Waals surface area (Å²) >= 11 is 0. The van der Waals surface area contributed by atoms with E-state index < -0.39 is 6.10 Å². The monoisotopic (exact) mass is 312 g/mol. The van der Waals surface area contributed by atoms with Gasteiger partial charge in [0.1, 0.15) is 5.75 Å². The van der Waals surface area contributed by atoms with Crippen LogP contribution in [0.2, 0.25) is 0 Å². The number of hydrogen-bond donors (Lipinski definition) is 1. The molecule has 2 unspecified atom stereocenters. The molecule has 2 rings (SSSR count). The molecular weight excluding hydrogens is 288 g/mol. The Morgan fingerprint density at radius 1 is 1.09 bits per heavy atom. The van der Waals surface area contributed by atoms with Crippen LogP contribution in [0, 0.1) is 12.8 Å². The minimum Gasteiger partial charge on any atom is -0.481 e. The highest BCUT2D eigenvalue weighted by Crippen LogP contribution is 2.20. The van der Waals surface area contributed by atoms with Crippen LogP contribution < -0.4 is 10.1 Å². The van der Waals surface area contributed by atoms with Crippen molar-refractivity contribution in [2.24, 2.45) is 5.92 Å². The number of carbonyl (C=O) groups excluding carboxylic acids is 1. The molecule has 0 saturated heterocycles. The van der Waals surface area contributed by atoms with Gasteiger partial charge in [0.2, 0.25) is 0 Å². The summed E-state index contributed by atoms with van der Waals surface area (Å²) in [5.74, 6) is 0.785. The van der Waals surface area contributed by atoms with Gasteiger partial charge in [-0.25, -0.2) is 0 Å². The van der Waals surface area contributed by atoms with E-state index in [2.05, 4.69) is 24.1 Å². The molecule has 1 heterocycles. The zero-order valence-electron chi connectivity index (χ0n) is 14.1. The van der Waals surface area contributed by atoms with Gasteiger partial charge in [0.05, 0.1) is 11.7 Å². The van der Waals surface area contributed by atoms with Crippen LogP contribution in [-0.4, -0.2) is 17.0 Å². The molecule has 0 bridgehead atoms. The fourth-order valence-electron chi connectivity index (χ4n) is 2.29. The smallest absolute Gasteiger partial charge is 0.261 e. The van der Waals surface area contributed by atoms with Gasteiger partial charge in [-0.15, -0.1) is 0 Å². The Morgan fingerprint density at radius 3 is 2.35 bits per heavy atom. The second-order valence-electron chi connectivity index (χ2n) is 6.06. The van der Waals surface area contributed by atoms with Crippen molar-refractivity contribution < 1.29 is 9.53 Å². The van der Waals surface area contributed by atoms with Crippen LogP contribution in [0.4, 0.5) is 0 Å². The number of hydrogen-bond acceptors (Lipinski definition) is 3. The summed E-state index contributed by atoms with van der Waals surface area (Å²) in [6.45, 7) is 7.89. The lowest BCUT2D eigenvalue weighted by Gasteiger charge is -2.24. The summed E-state index contributed by atoms with van der Waals surface area (Å²) in [5.41, 5.74) is 2.02. The number of carbonyl (C=O) groups is 1. The Kier molecular flexibility index (Phi) is 5.74. The molecule has 1 amide bonds. The zero-order valence-corrected chi connectivity index (χ0v) is 14.1. The Hall–Kier alpha value is -2.36. The van der Waals surface area contributed by atoms with E-state index in [-0.39, 0.29) is 17.9 Å². The SMILES string of the molecule is Cc1ccc(OC(C)C(=O)NC(c2ccccn2)C(C)C)cc1. The van der Waals surface area contributed by atoms with Gasteiger partial charge in [0, 0.05) is 6.20 Å².